The van der Waals surface area contributed by atoms with Gasteiger partial charge in [-0.2, -0.15) is 12.6 Å². The lowest BCUT2D eigenvalue weighted by Gasteiger charge is -2.11. The number of hydrogen-bond acceptors (Lipinski definition) is 2. The van der Waals surface area contributed by atoms with E-state index in [4.69, 9.17) is 4.74 Å². The second-order valence-corrected chi connectivity index (χ2v) is 3.67. The number of methoxy groups -OCH3 is 1. The number of para-hydroxylation sites is 1. The van der Waals surface area contributed by atoms with E-state index in [-0.39, 0.29) is 0 Å². The Balaban J connectivity index is 2.74. The summed E-state index contributed by atoms with van der Waals surface area (Å²) in [5.41, 5.74) is 1.27. The summed E-state index contributed by atoms with van der Waals surface area (Å²) in [5, 5.41) is 0. The quantitative estimate of drug-likeness (QED) is 0.729. The molecule has 0 fully saturated rings. The van der Waals surface area contributed by atoms with Gasteiger partial charge in [0.2, 0.25) is 0 Å². The molecule has 13 heavy (non-hydrogen) atoms. The van der Waals surface area contributed by atoms with Crippen molar-refractivity contribution in [2.45, 2.75) is 13.3 Å². The Morgan fingerprint density at radius 2 is 2.08 bits per heavy atom. The van der Waals surface area contributed by atoms with Crippen LogP contribution in [0, 0.1) is 5.92 Å². The molecule has 0 aromatic heterocycles. The molecule has 0 aliphatic rings. The van der Waals surface area contributed by atoms with E-state index in [2.05, 4.69) is 25.6 Å². The second-order valence-electron chi connectivity index (χ2n) is 3.30. The normalized spacial score (nSPS) is 12.5. The summed E-state index contributed by atoms with van der Waals surface area (Å²) in [6.45, 7) is 2.19. The Labute approximate surface area is 85.5 Å². The maximum Gasteiger partial charge on any atom is 0.122 e. The van der Waals surface area contributed by atoms with Crippen LogP contribution in [0.15, 0.2) is 24.3 Å². The van der Waals surface area contributed by atoms with Crippen molar-refractivity contribution in [2.24, 2.45) is 5.92 Å². The fourth-order valence-corrected chi connectivity index (χ4v) is 1.44. The Hall–Kier alpha value is -0.630. The molecule has 0 spiro atoms. The fraction of sp³-hybridized carbons (Fsp3) is 0.455. The van der Waals surface area contributed by atoms with Gasteiger partial charge in [-0.25, -0.2) is 0 Å². The minimum atomic E-state index is 0.597. The first kappa shape index (κ1) is 10.5. The van der Waals surface area contributed by atoms with Crippen LogP contribution in [0.5, 0.6) is 5.75 Å². The summed E-state index contributed by atoms with van der Waals surface area (Å²) in [5.74, 6) is 2.49. The molecule has 72 valence electrons. The summed E-state index contributed by atoms with van der Waals surface area (Å²) in [4.78, 5) is 0. The predicted molar refractivity (Wildman–Crippen MR) is 59.7 cm³/mol. The van der Waals surface area contributed by atoms with Crippen LogP contribution in [0.2, 0.25) is 0 Å². The largest absolute Gasteiger partial charge is 0.496 e. The molecule has 0 N–H and O–H groups in total. The molecule has 0 saturated heterocycles. The zero-order valence-electron chi connectivity index (χ0n) is 8.16. The zero-order chi connectivity index (χ0) is 9.68. The third kappa shape index (κ3) is 2.96. The average Bonchev–Trinajstić information content (AvgIpc) is 2.18. The number of rotatable bonds is 4. The van der Waals surface area contributed by atoms with E-state index in [0.29, 0.717) is 5.92 Å². The molecule has 1 aromatic carbocycles. The van der Waals surface area contributed by atoms with Crippen molar-refractivity contribution >= 4 is 12.6 Å². The zero-order valence-corrected chi connectivity index (χ0v) is 9.05. The first-order valence-electron chi connectivity index (χ1n) is 4.50. The summed E-state index contributed by atoms with van der Waals surface area (Å²) in [7, 11) is 1.71. The van der Waals surface area contributed by atoms with Gasteiger partial charge in [0.05, 0.1) is 7.11 Å². The summed E-state index contributed by atoms with van der Waals surface area (Å²) in [6, 6.07) is 8.15. The van der Waals surface area contributed by atoms with E-state index in [9.17, 15) is 0 Å². The Morgan fingerprint density at radius 1 is 1.38 bits per heavy atom. The van der Waals surface area contributed by atoms with Gasteiger partial charge in [0.1, 0.15) is 5.75 Å². The van der Waals surface area contributed by atoms with Gasteiger partial charge >= 0.3 is 0 Å². The van der Waals surface area contributed by atoms with Crippen molar-refractivity contribution in [2.75, 3.05) is 12.9 Å². The number of hydrogen-bond donors (Lipinski definition) is 1. The van der Waals surface area contributed by atoms with Crippen LogP contribution >= 0.6 is 12.6 Å². The van der Waals surface area contributed by atoms with Gasteiger partial charge in [-0.3, -0.25) is 0 Å². The highest BCUT2D eigenvalue weighted by molar-refractivity contribution is 7.80. The minimum Gasteiger partial charge on any atom is -0.496 e. The molecular weight excluding hydrogens is 180 g/mol. The SMILES string of the molecule is COc1ccccc1CC(C)CS. The van der Waals surface area contributed by atoms with Gasteiger partial charge in [-0.15, -0.1) is 0 Å². The van der Waals surface area contributed by atoms with E-state index in [1.54, 1.807) is 7.11 Å². The molecule has 1 atom stereocenters. The molecule has 0 bridgehead atoms. The maximum atomic E-state index is 5.27. The van der Waals surface area contributed by atoms with Gasteiger partial charge < -0.3 is 4.74 Å². The first-order valence-corrected chi connectivity index (χ1v) is 5.14. The van der Waals surface area contributed by atoms with Gasteiger partial charge in [-0.1, -0.05) is 25.1 Å². The summed E-state index contributed by atoms with van der Waals surface area (Å²) in [6.07, 6.45) is 1.04. The third-order valence-corrected chi connectivity index (χ3v) is 2.70. The predicted octanol–water partition coefficient (Wildman–Crippen LogP) is 2.80. The highest BCUT2D eigenvalue weighted by Crippen LogP contribution is 2.20. The lowest BCUT2D eigenvalue weighted by molar-refractivity contribution is 0.407. The standard InChI is InChI=1S/C11H16OS/c1-9(8-13)7-10-5-3-4-6-11(10)12-2/h3-6,9,13H,7-8H2,1-2H3. The molecule has 1 nitrogen and oxygen atoms in total. The van der Waals surface area contributed by atoms with Crippen LogP contribution in [-0.2, 0) is 6.42 Å². The highest BCUT2D eigenvalue weighted by atomic mass is 32.1. The Bertz CT molecular complexity index is 260. The van der Waals surface area contributed by atoms with Crippen molar-refractivity contribution in [3.05, 3.63) is 29.8 Å². The van der Waals surface area contributed by atoms with Gasteiger partial charge in [-0.05, 0) is 29.7 Å². The molecule has 0 amide bonds. The third-order valence-electron chi connectivity index (χ3n) is 2.07. The molecule has 2 heteroatoms. The van der Waals surface area contributed by atoms with E-state index < -0.39 is 0 Å². The van der Waals surface area contributed by atoms with Crippen LogP contribution < -0.4 is 4.74 Å². The van der Waals surface area contributed by atoms with Crippen molar-refractivity contribution in [1.82, 2.24) is 0 Å². The summed E-state index contributed by atoms with van der Waals surface area (Å²) >= 11 is 4.27. The van der Waals surface area contributed by atoms with E-state index in [0.717, 1.165) is 17.9 Å². The molecule has 0 radical (unpaired) electrons. The van der Waals surface area contributed by atoms with E-state index in [1.165, 1.54) is 5.56 Å². The fourth-order valence-electron chi connectivity index (χ4n) is 1.31. The number of benzene rings is 1. The van der Waals surface area contributed by atoms with Crippen LogP contribution in [0.4, 0.5) is 0 Å². The molecule has 0 saturated carbocycles. The summed E-state index contributed by atoms with van der Waals surface area (Å²) < 4.78 is 5.27. The first-order chi connectivity index (χ1) is 6.27. The van der Waals surface area contributed by atoms with Gasteiger partial charge in [0.15, 0.2) is 0 Å². The van der Waals surface area contributed by atoms with Crippen molar-refractivity contribution in [3.63, 3.8) is 0 Å². The Kier molecular flexibility index (Phi) is 4.16. The monoisotopic (exact) mass is 196 g/mol. The molecule has 1 aromatic rings. The van der Waals surface area contributed by atoms with Crippen molar-refractivity contribution in [1.29, 1.82) is 0 Å². The van der Waals surface area contributed by atoms with Crippen LogP contribution in [0.3, 0.4) is 0 Å². The average molecular weight is 196 g/mol. The molecule has 0 heterocycles. The molecule has 0 aliphatic heterocycles. The topological polar surface area (TPSA) is 9.23 Å². The van der Waals surface area contributed by atoms with Crippen LogP contribution in [0.1, 0.15) is 12.5 Å². The highest BCUT2D eigenvalue weighted by Gasteiger charge is 2.05. The molecular formula is C11H16OS. The van der Waals surface area contributed by atoms with Crippen LogP contribution in [0.25, 0.3) is 0 Å². The number of ether oxygens (including phenoxy) is 1. The second kappa shape index (κ2) is 5.18. The Morgan fingerprint density at radius 3 is 2.69 bits per heavy atom. The molecule has 0 aliphatic carbocycles. The molecule has 1 rings (SSSR count). The minimum absolute atomic E-state index is 0.597. The lowest BCUT2D eigenvalue weighted by atomic mass is 10.0. The van der Waals surface area contributed by atoms with E-state index >= 15 is 0 Å². The van der Waals surface area contributed by atoms with Gasteiger partial charge in [0.25, 0.3) is 0 Å². The van der Waals surface area contributed by atoms with E-state index in [1.807, 2.05) is 18.2 Å². The van der Waals surface area contributed by atoms with Gasteiger partial charge in [0, 0.05) is 0 Å². The maximum absolute atomic E-state index is 5.27. The van der Waals surface area contributed by atoms with Crippen LogP contribution in [-0.4, -0.2) is 12.9 Å². The number of thiol groups is 1. The van der Waals surface area contributed by atoms with Crippen molar-refractivity contribution < 1.29 is 4.74 Å². The van der Waals surface area contributed by atoms with Crippen molar-refractivity contribution in [3.8, 4) is 5.75 Å². The smallest absolute Gasteiger partial charge is 0.122 e. The lowest BCUT2D eigenvalue weighted by Crippen LogP contribution is -2.02. The molecule has 1 unspecified atom stereocenters.